The van der Waals surface area contributed by atoms with Crippen LogP contribution in [0.1, 0.15) is 116 Å². The van der Waals surface area contributed by atoms with Crippen molar-refractivity contribution in [3.8, 4) is 0 Å². The van der Waals surface area contributed by atoms with Crippen molar-refractivity contribution in [3.05, 3.63) is 0 Å². The van der Waals surface area contributed by atoms with Gasteiger partial charge in [-0.25, -0.2) is 0 Å². The fourth-order valence-electron chi connectivity index (χ4n) is 4.69. The molecule has 24 heavy (non-hydrogen) atoms. The first-order chi connectivity index (χ1) is 11.8. The van der Waals surface area contributed by atoms with E-state index in [1.54, 1.807) is 0 Å². The molecule has 0 bridgehead atoms. The number of amides is 1. The van der Waals surface area contributed by atoms with Gasteiger partial charge in [-0.05, 0) is 31.1 Å². The van der Waals surface area contributed by atoms with Crippen LogP contribution in [0.25, 0.3) is 0 Å². The maximum Gasteiger partial charge on any atom is 0.220 e. The second kappa shape index (κ2) is 12.8. The molecule has 0 aromatic heterocycles. The lowest BCUT2D eigenvalue weighted by Crippen LogP contribution is -2.25. The third-order valence-corrected chi connectivity index (χ3v) is 6.28. The summed E-state index contributed by atoms with van der Waals surface area (Å²) in [4.78, 5) is 11.8. The Morgan fingerprint density at radius 3 is 1.79 bits per heavy atom. The molecule has 2 saturated carbocycles. The first-order valence-corrected chi connectivity index (χ1v) is 11.1. The number of hydrogen-bond donors (Lipinski definition) is 1. The standard InChI is InChI=1S/C22H41NO/c24-22(19-21-16-10-11-17-21)23-18-12-6-4-2-1-3-5-7-13-20-14-8-9-15-20/h20-21H,1-19H2,(H,23,24). The van der Waals surface area contributed by atoms with E-state index < -0.39 is 0 Å². The maximum atomic E-state index is 11.8. The fraction of sp³-hybridized carbons (Fsp3) is 0.955. The molecule has 0 unspecified atom stereocenters. The minimum absolute atomic E-state index is 0.296. The lowest BCUT2D eigenvalue weighted by atomic mass is 9.99. The van der Waals surface area contributed by atoms with Crippen LogP contribution in [0.3, 0.4) is 0 Å². The highest BCUT2D eigenvalue weighted by molar-refractivity contribution is 5.76. The first kappa shape index (κ1) is 19.8. The van der Waals surface area contributed by atoms with Crippen LogP contribution in [-0.2, 0) is 4.79 Å². The molecule has 2 aliphatic carbocycles. The summed E-state index contributed by atoms with van der Waals surface area (Å²) in [6.07, 6.45) is 24.5. The SMILES string of the molecule is O=C(CC1CCCC1)NCCCCCCCCCCC1CCCC1. The number of hydrogen-bond acceptors (Lipinski definition) is 1. The summed E-state index contributed by atoms with van der Waals surface area (Å²) in [6, 6.07) is 0. The smallest absolute Gasteiger partial charge is 0.220 e. The van der Waals surface area contributed by atoms with Crippen molar-refractivity contribution in [3.63, 3.8) is 0 Å². The van der Waals surface area contributed by atoms with Crippen molar-refractivity contribution in [2.75, 3.05) is 6.54 Å². The maximum absolute atomic E-state index is 11.8. The Morgan fingerprint density at radius 1 is 0.667 bits per heavy atom. The third-order valence-electron chi connectivity index (χ3n) is 6.28. The van der Waals surface area contributed by atoms with Crippen LogP contribution in [-0.4, -0.2) is 12.5 Å². The van der Waals surface area contributed by atoms with E-state index in [1.807, 2.05) is 0 Å². The van der Waals surface area contributed by atoms with E-state index in [1.165, 1.54) is 103 Å². The van der Waals surface area contributed by atoms with Crippen LogP contribution in [0.4, 0.5) is 0 Å². The Morgan fingerprint density at radius 2 is 1.17 bits per heavy atom. The lowest BCUT2D eigenvalue weighted by molar-refractivity contribution is -0.121. The number of carbonyl (C=O) groups excluding carboxylic acids is 1. The third kappa shape index (κ3) is 9.08. The van der Waals surface area contributed by atoms with Crippen LogP contribution in [0.15, 0.2) is 0 Å². The summed E-state index contributed by atoms with van der Waals surface area (Å²) < 4.78 is 0. The van der Waals surface area contributed by atoms with Gasteiger partial charge in [0, 0.05) is 13.0 Å². The first-order valence-electron chi connectivity index (χ1n) is 11.1. The second-order valence-electron chi connectivity index (χ2n) is 8.47. The Bertz CT molecular complexity index is 316. The quantitative estimate of drug-likeness (QED) is 0.388. The van der Waals surface area contributed by atoms with Crippen molar-refractivity contribution in [1.29, 1.82) is 0 Å². The summed E-state index contributed by atoms with van der Waals surface area (Å²) in [5.41, 5.74) is 0. The molecule has 0 aliphatic heterocycles. The van der Waals surface area contributed by atoms with Gasteiger partial charge in [-0.15, -0.1) is 0 Å². The van der Waals surface area contributed by atoms with Gasteiger partial charge < -0.3 is 5.32 Å². The number of rotatable bonds is 13. The van der Waals surface area contributed by atoms with Gasteiger partial charge >= 0.3 is 0 Å². The zero-order chi connectivity index (χ0) is 16.9. The van der Waals surface area contributed by atoms with Gasteiger partial charge in [-0.3, -0.25) is 4.79 Å². The molecule has 2 fully saturated rings. The van der Waals surface area contributed by atoms with E-state index in [2.05, 4.69) is 5.32 Å². The summed E-state index contributed by atoms with van der Waals surface area (Å²) >= 11 is 0. The molecule has 0 aromatic carbocycles. The van der Waals surface area contributed by atoms with Crippen molar-refractivity contribution >= 4 is 5.91 Å². The molecular formula is C22H41NO. The summed E-state index contributed by atoms with van der Waals surface area (Å²) in [5, 5.41) is 3.12. The number of nitrogens with one attached hydrogen (secondary N) is 1. The number of carbonyl (C=O) groups is 1. The average Bonchev–Trinajstić information content (AvgIpc) is 3.26. The van der Waals surface area contributed by atoms with Gasteiger partial charge in [0.15, 0.2) is 0 Å². The van der Waals surface area contributed by atoms with E-state index in [0.29, 0.717) is 11.8 Å². The Labute approximate surface area is 150 Å². The van der Waals surface area contributed by atoms with Crippen molar-refractivity contribution < 1.29 is 4.79 Å². The monoisotopic (exact) mass is 335 g/mol. The van der Waals surface area contributed by atoms with E-state index in [4.69, 9.17) is 0 Å². The molecule has 0 spiro atoms. The van der Waals surface area contributed by atoms with Gasteiger partial charge in [-0.1, -0.05) is 89.9 Å². The molecular weight excluding hydrogens is 294 g/mol. The molecule has 2 heteroatoms. The number of unbranched alkanes of at least 4 members (excludes halogenated alkanes) is 7. The van der Waals surface area contributed by atoms with Crippen LogP contribution in [0.5, 0.6) is 0 Å². The molecule has 0 aromatic rings. The predicted octanol–water partition coefficient (Wildman–Crippen LogP) is 6.38. The molecule has 2 rings (SSSR count). The molecule has 0 atom stereocenters. The minimum Gasteiger partial charge on any atom is -0.356 e. The normalized spacial score (nSPS) is 19.2. The fourth-order valence-corrected chi connectivity index (χ4v) is 4.69. The topological polar surface area (TPSA) is 29.1 Å². The zero-order valence-corrected chi connectivity index (χ0v) is 16.0. The zero-order valence-electron chi connectivity index (χ0n) is 16.0. The molecule has 0 heterocycles. The summed E-state index contributed by atoms with van der Waals surface area (Å²) in [7, 11) is 0. The Kier molecular flexibility index (Phi) is 10.5. The molecule has 1 amide bonds. The molecule has 140 valence electrons. The Hall–Kier alpha value is -0.530. The lowest BCUT2D eigenvalue weighted by Gasteiger charge is -2.09. The molecule has 0 radical (unpaired) electrons. The van der Waals surface area contributed by atoms with Crippen LogP contribution >= 0.6 is 0 Å². The summed E-state index contributed by atoms with van der Waals surface area (Å²) in [6.45, 7) is 0.896. The van der Waals surface area contributed by atoms with Crippen LogP contribution in [0.2, 0.25) is 0 Å². The van der Waals surface area contributed by atoms with Gasteiger partial charge in [0.25, 0.3) is 0 Å². The highest BCUT2D eigenvalue weighted by Gasteiger charge is 2.17. The van der Waals surface area contributed by atoms with Crippen LogP contribution < -0.4 is 5.32 Å². The molecule has 0 saturated heterocycles. The minimum atomic E-state index is 0.296. The van der Waals surface area contributed by atoms with E-state index in [0.717, 1.165) is 25.3 Å². The van der Waals surface area contributed by atoms with Gasteiger partial charge in [0.1, 0.15) is 0 Å². The van der Waals surface area contributed by atoms with Gasteiger partial charge in [-0.2, -0.15) is 0 Å². The van der Waals surface area contributed by atoms with Crippen molar-refractivity contribution in [1.82, 2.24) is 5.32 Å². The van der Waals surface area contributed by atoms with Crippen molar-refractivity contribution in [2.24, 2.45) is 11.8 Å². The Balaban J connectivity index is 1.27. The highest BCUT2D eigenvalue weighted by atomic mass is 16.1. The molecule has 1 N–H and O–H groups in total. The van der Waals surface area contributed by atoms with E-state index >= 15 is 0 Å². The summed E-state index contributed by atoms with van der Waals surface area (Å²) in [5.74, 6) is 2.05. The van der Waals surface area contributed by atoms with Gasteiger partial charge in [0.2, 0.25) is 5.91 Å². The van der Waals surface area contributed by atoms with Crippen LogP contribution in [0, 0.1) is 11.8 Å². The molecule has 2 aliphatic rings. The van der Waals surface area contributed by atoms with E-state index in [9.17, 15) is 4.79 Å². The molecule has 2 nitrogen and oxygen atoms in total. The largest absolute Gasteiger partial charge is 0.356 e. The van der Waals surface area contributed by atoms with E-state index in [-0.39, 0.29) is 0 Å². The highest BCUT2D eigenvalue weighted by Crippen LogP contribution is 2.29. The van der Waals surface area contributed by atoms with Gasteiger partial charge in [0.05, 0.1) is 0 Å². The van der Waals surface area contributed by atoms with Crippen molar-refractivity contribution in [2.45, 2.75) is 116 Å². The second-order valence-corrected chi connectivity index (χ2v) is 8.47. The predicted molar refractivity (Wildman–Crippen MR) is 103 cm³/mol. The average molecular weight is 336 g/mol.